The maximum atomic E-state index is 13.0. The first-order valence-corrected chi connectivity index (χ1v) is 10.2. The van der Waals surface area contributed by atoms with Crippen molar-refractivity contribution in [1.29, 1.82) is 0 Å². The van der Waals surface area contributed by atoms with Crippen molar-refractivity contribution in [3.63, 3.8) is 0 Å². The Kier molecular flexibility index (Phi) is 7.06. The molecule has 0 aliphatic carbocycles. The number of methoxy groups -OCH3 is 2. The van der Waals surface area contributed by atoms with Crippen molar-refractivity contribution in [2.75, 3.05) is 47.5 Å². The molecule has 2 rings (SSSR count). The van der Waals surface area contributed by atoms with E-state index in [9.17, 15) is 8.42 Å². The van der Waals surface area contributed by atoms with Gasteiger partial charge in [-0.25, -0.2) is 8.42 Å². The summed E-state index contributed by atoms with van der Waals surface area (Å²) in [6.07, 6.45) is 1.77. The van der Waals surface area contributed by atoms with E-state index >= 15 is 0 Å². The van der Waals surface area contributed by atoms with Crippen LogP contribution in [0.4, 0.5) is 0 Å². The summed E-state index contributed by atoms with van der Waals surface area (Å²) in [6.45, 7) is 2.70. The van der Waals surface area contributed by atoms with Crippen LogP contribution in [-0.2, 0) is 14.8 Å². The van der Waals surface area contributed by atoms with E-state index in [0.29, 0.717) is 34.8 Å². The Morgan fingerprint density at radius 2 is 2.12 bits per heavy atom. The van der Waals surface area contributed by atoms with Gasteiger partial charge in [0.25, 0.3) is 0 Å². The zero-order valence-electron chi connectivity index (χ0n) is 14.4. The van der Waals surface area contributed by atoms with Gasteiger partial charge in [0.15, 0.2) is 0 Å². The van der Waals surface area contributed by atoms with E-state index in [-0.39, 0.29) is 6.04 Å². The molecular formula is C16H25BrN2O4S. The normalized spacial score (nSPS) is 19.1. The first-order valence-electron chi connectivity index (χ1n) is 7.93. The number of likely N-dealkylation sites (N-methyl/N-ethyl adjacent to an activating group) is 1. The number of benzene rings is 1. The van der Waals surface area contributed by atoms with Crippen molar-refractivity contribution in [3.05, 3.63) is 22.7 Å². The van der Waals surface area contributed by atoms with E-state index in [2.05, 4.69) is 20.8 Å². The lowest BCUT2D eigenvalue weighted by atomic mass is 10.2. The van der Waals surface area contributed by atoms with Crippen LogP contribution in [-0.4, -0.2) is 71.2 Å². The Morgan fingerprint density at radius 3 is 2.75 bits per heavy atom. The minimum absolute atomic E-state index is 0.00210. The van der Waals surface area contributed by atoms with Gasteiger partial charge in [-0.3, -0.25) is 0 Å². The number of hydrogen-bond acceptors (Lipinski definition) is 5. The minimum Gasteiger partial charge on any atom is -0.496 e. The lowest BCUT2D eigenvalue weighted by molar-refractivity contribution is 0.151. The molecule has 1 fully saturated rings. The largest absolute Gasteiger partial charge is 0.496 e. The fraction of sp³-hybridized carbons (Fsp3) is 0.625. The van der Waals surface area contributed by atoms with E-state index in [4.69, 9.17) is 9.47 Å². The quantitative estimate of drug-likeness (QED) is 0.644. The second kappa shape index (κ2) is 8.62. The Hall–Kier alpha value is -0.670. The molecule has 1 heterocycles. The predicted octanol–water partition coefficient (Wildman–Crippen LogP) is 2.19. The highest BCUT2D eigenvalue weighted by molar-refractivity contribution is 9.10. The lowest BCUT2D eigenvalue weighted by Crippen LogP contribution is -2.42. The van der Waals surface area contributed by atoms with Gasteiger partial charge in [0.05, 0.1) is 23.1 Å². The lowest BCUT2D eigenvalue weighted by Gasteiger charge is -2.28. The number of sulfonamides is 1. The van der Waals surface area contributed by atoms with Crippen LogP contribution in [0, 0.1) is 0 Å². The molecule has 1 aromatic carbocycles. The van der Waals surface area contributed by atoms with E-state index in [1.54, 1.807) is 36.7 Å². The summed E-state index contributed by atoms with van der Waals surface area (Å²) in [6, 6.07) is 4.88. The Balaban J connectivity index is 2.16. The highest BCUT2D eigenvalue weighted by atomic mass is 79.9. The van der Waals surface area contributed by atoms with Gasteiger partial charge in [-0.2, -0.15) is 4.31 Å². The molecule has 0 spiro atoms. The molecule has 1 aromatic rings. The molecule has 0 amide bonds. The maximum absolute atomic E-state index is 13.0. The van der Waals surface area contributed by atoms with Gasteiger partial charge < -0.3 is 14.4 Å². The average Bonchev–Trinajstić information content (AvgIpc) is 3.01. The molecule has 136 valence electrons. The molecule has 6 nitrogen and oxygen atoms in total. The van der Waals surface area contributed by atoms with Crippen molar-refractivity contribution >= 4 is 26.0 Å². The third kappa shape index (κ3) is 4.49. The summed E-state index contributed by atoms with van der Waals surface area (Å²) in [7, 11) is 1.71. The van der Waals surface area contributed by atoms with Gasteiger partial charge >= 0.3 is 0 Å². The van der Waals surface area contributed by atoms with Crippen molar-refractivity contribution < 1.29 is 17.9 Å². The molecular weight excluding hydrogens is 396 g/mol. The second-order valence-corrected chi connectivity index (χ2v) is 8.71. The number of hydrogen-bond donors (Lipinski definition) is 0. The molecule has 1 aliphatic heterocycles. The van der Waals surface area contributed by atoms with Gasteiger partial charge in [0.2, 0.25) is 10.0 Å². The average molecular weight is 421 g/mol. The number of halogens is 1. The summed E-state index contributed by atoms with van der Waals surface area (Å²) in [5, 5.41) is 0. The van der Waals surface area contributed by atoms with Crippen molar-refractivity contribution in [2.45, 2.75) is 23.8 Å². The molecule has 0 radical (unpaired) electrons. The molecule has 0 unspecified atom stereocenters. The van der Waals surface area contributed by atoms with Gasteiger partial charge in [-0.1, -0.05) is 0 Å². The zero-order chi connectivity index (χ0) is 17.7. The summed E-state index contributed by atoms with van der Waals surface area (Å²) < 4.78 is 38.6. The third-order valence-corrected chi connectivity index (χ3v) is 6.82. The fourth-order valence-electron chi connectivity index (χ4n) is 2.95. The van der Waals surface area contributed by atoms with Crippen LogP contribution in [0.2, 0.25) is 0 Å². The number of ether oxygens (including phenoxy) is 2. The molecule has 1 saturated heterocycles. The van der Waals surface area contributed by atoms with E-state index in [1.165, 1.54) is 0 Å². The summed E-state index contributed by atoms with van der Waals surface area (Å²) in [4.78, 5) is 2.41. The van der Waals surface area contributed by atoms with Crippen molar-refractivity contribution in [1.82, 2.24) is 9.21 Å². The minimum atomic E-state index is -3.51. The first kappa shape index (κ1) is 19.7. The summed E-state index contributed by atoms with van der Waals surface area (Å²) in [5.74, 6) is 0.617. The standard InChI is InChI=1S/C16H25BrN2O4S/c1-18(9-10-22-2)12-13-5-4-8-19(13)24(20,21)14-6-7-16(23-3)15(17)11-14/h6-7,11,13H,4-5,8-10,12H2,1-3H3/t13-/m1/s1. The Morgan fingerprint density at radius 1 is 1.38 bits per heavy atom. The smallest absolute Gasteiger partial charge is 0.243 e. The predicted molar refractivity (Wildman–Crippen MR) is 97.0 cm³/mol. The molecule has 0 aromatic heterocycles. The maximum Gasteiger partial charge on any atom is 0.243 e. The molecule has 0 bridgehead atoms. The monoisotopic (exact) mass is 420 g/mol. The number of rotatable bonds is 8. The highest BCUT2D eigenvalue weighted by Crippen LogP contribution is 2.31. The molecule has 1 aliphatic rings. The Labute approximate surface area is 152 Å². The second-order valence-electron chi connectivity index (χ2n) is 5.96. The Bertz CT molecular complexity index is 653. The molecule has 8 heteroatoms. The van der Waals surface area contributed by atoms with Gasteiger partial charge in [0.1, 0.15) is 5.75 Å². The van der Waals surface area contributed by atoms with Crippen LogP contribution >= 0.6 is 15.9 Å². The van der Waals surface area contributed by atoms with E-state index < -0.39 is 10.0 Å². The molecule has 1 atom stereocenters. The SMILES string of the molecule is COCCN(C)C[C@H]1CCCN1S(=O)(=O)c1ccc(OC)c(Br)c1. The third-order valence-electron chi connectivity index (χ3n) is 4.25. The van der Waals surface area contributed by atoms with Gasteiger partial charge in [-0.05, 0) is 54.0 Å². The van der Waals surface area contributed by atoms with Crippen LogP contribution in [0.15, 0.2) is 27.6 Å². The van der Waals surface area contributed by atoms with Crippen molar-refractivity contribution in [3.8, 4) is 5.75 Å². The number of nitrogens with zero attached hydrogens (tertiary/aromatic N) is 2. The van der Waals surface area contributed by atoms with Crippen LogP contribution in [0.1, 0.15) is 12.8 Å². The van der Waals surface area contributed by atoms with Crippen molar-refractivity contribution in [2.24, 2.45) is 0 Å². The summed E-state index contributed by atoms with van der Waals surface area (Å²) in [5.41, 5.74) is 0. The van der Waals surface area contributed by atoms with E-state index in [0.717, 1.165) is 19.4 Å². The van der Waals surface area contributed by atoms with Crippen LogP contribution < -0.4 is 4.74 Å². The highest BCUT2D eigenvalue weighted by Gasteiger charge is 2.35. The first-order chi connectivity index (χ1) is 11.4. The molecule has 0 saturated carbocycles. The van der Waals surface area contributed by atoms with Crippen LogP contribution in [0.25, 0.3) is 0 Å². The molecule has 24 heavy (non-hydrogen) atoms. The van der Waals surface area contributed by atoms with Gasteiger partial charge in [0, 0.05) is 32.8 Å². The van der Waals surface area contributed by atoms with E-state index in [1.807, 2.05) is 7.05 Å². The topological polar surface area (TPSA) is 59.1 Å². The zero-order valence-corrected chi connectivity index (χ0v) is 16.8. The van der Waals surface area contributed by atoms with Gasteiger partial charge in [-0.15, -0.1) is 0 Å². The molecule has 0 N–H and O–H groups in total. The fourth-order valence-corrected chi connectivity index (χ4v) is 5.35. The summed E-state index contributed by atoms with van der Waals surface area (Å²) >= 11 is 3.36. The van der Waals surface area contributed by atoms with Crippen LogP contribution in [0.5, 0.6) is 5.75 Å². The van der Waals surface area contributed by atoms with Crippen LogP contribution in [0.3, 0.4) is 0 Å².